The summed E-state index contributed by atoms with van der Waals surface area (Å²) in [7, 11) is 2.09. The molecule has 0 spiro atoms. The van der Waals surface area contributed by atoms with Crippen LogP contribution in [0.5, 0.6) is 0 Å². The SMILES string of the molecule is Cc1ccc2c(CCC#N)c(C)n(C)c2c1. The zero-order valence-electron chi connectivity index (χ0n) is 10.0. The molecule has 0 aliphatic heterocycles. The number of benzene rings is 1. The van der Waals surface area contributed by atoms with E-state index in [1.165, 1.54) is 27.7 Å². The molecule has 0 atom stereocenters. The summed E-state index contributed by atoms with van der Waals surface area (Å²) in [5, 5.41) is 9.98. The quantitative estimate of drug-likeness (QED) is 0.751. The van der Waals surface area contributed by atoms with Gasteiger partial charge in [-0.1, -0.05) is 12.1 Å². The number of fused-ring (bicyclic) bond motifs is 1. The van der Waals surface area contributed by atoms with Crippen molar-refractivity contribution in [2.24, 2.45) is 7.05 Å². The zero-order valence-corrected chi connectivity index (χ0v) is 10.0. The van der Waals surface area contributed by atoms with Crippen molar-refractivity contribution in [2.45, 2.75) is 26.7 Å². The topological polar surface area (TPSA) is 28.7 Å². The van der Waals surface area contributed by atoms with E-state index >= 15 is 0 Å². The Morgan fingerprint density at radius 1 is 1.31 bits per heavy atom. The lowest BCUT2D eigenvalue weighted by molar-refractivity contribution is 0.888. The predicted molar refractivity (Wildman–Crippen MR) is 66.3 cm³/mol. The van der Waals surface area contributed by atoms with Gasteiger partial charge in [0.1, 0.15) is 0 Å². The summed E-state index contributed by atoms with van der Waals surface area (Å²) in [6, 6.07) is 8.73. The third-order valence-electron chi connectivity index (χ3n) is 3.27. The molecular formula is C14H16N2. The lowest BCUT2D eigenvalue weighted by atomic mass is 10.1. The van der Waals surface area contributed by atoms with Crippen LogP contribution in [0.2, 0.25) is 0 Å². The minimum Gasteiger partial charge on any atom is -0.348 e. The zero-order chi connectivity index (χ0) is 11.7. The Balaban J connectivity index is 2.65. The molecule has 0 fully saturated rings. The molecule has 0 amide bonds. The van der Waals surface area contributed by atoms with Crippen LogP contribution in [0.25, 0.3) is 10.9 Å². The maximum Gasteiger partial charge on any atom is 0.0625 e. The minimum atomic E-state index is 0.591. The monoisotopic (exact) mass is 212 g/mol. The van der Waals surface area contributed by atoms with Crippen LogP contribution in [0.3, 0.4) is 0 Å². The number of nitrogens with zero attached hydrogens (tertiary/aromatic N) is 2. The molecule has 2 rings (SSSR count). The number of hydrogen-bond donors (Lipinski definition) is 0. The Kier molecular flexibility index (Phi) is 2.70. The van der Waals surface area contributed by atoms with Crippen molar-refractivity contribution in [1.82, 2.24) is 4.57 Å². The maximum absolute atomic E-state index is 8.68. The van der Waals surface area contributed by atoms with Crippen LogP contribution in [0.15, 0.2) is 18.2 Å². The second-order valence-corrected chi connectivity index (χ2v) is 4.30. The normalized spacial score (nSPS) is 10.6. The number of rotatable bonds is 2. The largest absolute Gasteiger partial charge is 0.348 e. The van der Waals surface area contributed by atoms with Gasteiger partial charge in [-0.3, -0.25) is 0 Å². The Labute approximate surface area is 96.1 Å². The van der Waals surface area contributed by atoms with Gasteiger partial charge in [-0.25, -0.2) is 0 Å². The van der Waals surface area contributed by atoms with Crippen LogP contribution in [0.1, 0.15) is 23.2 Å². The highest BCUT2D eigenvalue weighted by molar-refractivity contribution is 5.86. The molecule has 0 N–H and O–H groups in total. The van der Waals surface area contributed by atoms with Crippen molar-refractivity contribution in [3.63, 3.8) is 0 Å². The van der Waals surface area contributed by atoms with Gasteiger partial charge < -0.3 is 4.57 Å². The summed E-state index contributed by atoms with van der Waals surface area (Å²) >= 11 is 0. The van der Waals surface area contributed by atoms with Crippen molar-refractivity contribution >= 4 is 10.9 Å². The molecule has 0 saturated heterocycles. The molecule has 0 aliphatic carbocycles. The highest BCUT2D eigenvalue weighted by atomic mass is 14.9. The summed E-state index contributed by atoms with van der Waals surface area (Å²) in [4.78, 5) is 0. The molecule has 0 bridgehead atoms. The molecule has 2 heteroatoms. The predicted octanol–water partition coefficient (Wildman–Crippen LogP) is 3.25. The molecule has 0 unspecified atom stereocenters. The smallest absolute Gasteiger partial charge is 0.0625 e. The molecule has 2 aromatic rings. The van der Waals surface area contributed by atoms with Crippen molar-refractivity contribution in [2.75, 3.05) is 0 Å². The molecule has 16 heavy (non-hydrogen) atoms. The van der Waals surface area contributed by atoms with Crippen molar-refractivity contribution in [1.29, 1.82) is 5.26 Å². The van der Waals surface area contributed by atoms with Gasteiger partial charge in [0.25, 0.3) is 0 Å². The second-order valence-electron chi connectivity index (χ2n) is 4.30. The molecule has 1 aromatic carbocycles. The van der Waals surface area contributed by atoms with Crippen molar-refractivity contribution in [3.05, 3.63) is 35.0 Å². The first-order chi connectivity index (χ1) is 7.65. The van der Waals surface area contributed by atoms with E-state index < -0.39 is 0 Å². The van der Waals surface area contributed by atoms with E-state index in [0.717, 1.165) is 6.42 Å². The van der Waals surface area contributed by atoms with Crippen molar-refractivity contribution in [3.8, 4) is 6.07 Å². The molecular weight excluding hydrogens is 196 g/mol. The molecule has 0 saturated carbocycles. The molecule has 1 aromatic heterocycles. The maximum atomic E-state index is 8.68. The summed E-state index contributed by atoms with van der Waals surface area (Å²) in [5.41, 5.74) is 5.14. The highest BCUT2D eigenvalue weighted by Crippen LogP contribution is 2.26. The van der Waals surface area contributed by atoms with Crippen LogP contribution in [-0.2, 0) is 13.5 Å². The standard InChI is InChI=1S/C14H16N2/c1-10-6-7-13-12(5-4-8-15)11(2)16(3)14(13)9-10/h6-7,9H,4-5H2,1-3H3. The van der Waals surface area contributed by atoms with Gasteiger partial charge in [-0.15, -0.1) is 0 Å². The fourth-order valence-electron chi connectivity index (χ4n) is 2.25. The van der Waals surface area contributed by atoms with Gasteiger partial charge in [-0.2, -0.15) is 5.26 Å². The summed E-state index contributed by atoms with van der Waals surface area (Å²) in [6.07, 6.45) is 1.44. The number of aryl methyl sites for hydroxylation is 3. The Hall–Kier alpha value is -1.75. The molecule has 2 nitrogen and oxygen atoms in total. The Morgan fingerprint density at radius 3 is 2.75 bits per heavy atom. The summed E-state index contributed by atoms with van der Waals surface area (Å²) in [5.74, 6) is 0. The fourth-order valence-corrected chi connectivity index (χ4v) is 2.25. The van der Waals surface area contributed by atoms with Gasteiger partial charge >= 0.3 is 0 Å². The lowest BCUT2D eigenvalue weighted by Gasteiger charge is -1.99. The van der Waals surface area contributed by atoms with Crippen LogP contribution in [0, 0.1) is 25.2 Å². The molecule has 0 radical (unpaired) electrons. The average Bonchev–Trinajstić information content (AvgIpc) is 2.50. The van der Waals surface area contributed by atoms with Gasteiger partial charge in [0.05, 0.1) is 6.07 Å². The first-order valence-electron chi connectivity index (χ1n) is 5.56. The third-order valence-corrected chi connectivity index (χ3v) is 3.27. The average molecular weight is 212 g/mol. The van der Waals surface area contributed by atoms with E-state index in [0.29, 0.717) is 6.42 Å². The van der Waals surface area contributed by atoms with E-state index in [-0.39, 0.29) is 0 Å². The summed E-state index contributed by atoms with van der Waals surface area (Å²) < 4.78 is 2.22. The van der Waals surface area contributed by atoms with E-state index in [2.05, 4.69) is 49.7 Å². The first-order valence-corrected chi connectivity index (χ1v) is 5.56. The fraction of sp³-hybridized carbons (Fsp3) is 0.357. The van der Waals surface area contributed by atoms with Gasteiger partial charge in [-0.05, 0) is 37.5 Å². The van der Waals surface area contributed by atoms with Gasteiger partial charge in [0, 0.05) is 30.1 Å². The van der Waals surface area contributed by atoms with E-state index in [4.69, 9.17) is 5.26 Å². The number of nitriles is 1. The highest BCUT2D eigenvalue weighted by Gasteiger charge is 2.11. The van der Waals surface area contributed by atoms with Crippen LogP contribution < -0.4 is 0 Å². The van der Waals surface area contributed by atoms with Crippen LogP contribution in [-0.4, -0.2) is 4.57 Å². The van der Waals surface area contributed by atoms with E-state index in [1.807, 2.05) is 0 Å². The number of aromatic nitrogens is 1. The summed E-state index contributed by atoms with van der Waals surface area (Å²) in [6.45, 7) is 4.23. The lowest BCUT2D eigenvalue weighted by Crippen LogP contribution is -1.92. The first kappa shape index (κ1) is 10.8. The molecule has 1 heterocycles. The molecule has 0 aliphatic rings. The van der Waals surface area contributed by atoms with Crippen LogP contribution in [0.4, 0.5) is 0 Å². The van der Waals surface area contributed by atoms with E-state index in [1.54, 1.807) is 0 Å². The molecule has 82 valence electrons. The van der Waals surface area contributed by atoms with Crippen molar-refractivity contribution < 1.29 is 0 Å². The Morgan fingerprint density at radius 2 is 2.06 bits per heavy atom. The van der Waals surface area contributed by atoms with Gasteiger partial charge in [0.2, 0.25) is 0 Å². The van der Waals surface area contributed by atoms with Gasteiger partial charge in [0.15, 0.2) is 0 Å². The number of hydrogen-bond acceptors (Lipinski definition) is 1. The van der Waals surface area contributed by atoms with Crippen LogP contribution >= 0.6 is 0 Å². The Bertz CT molecular complexity index is 570. The third kappa shape index (κ3) is 1.59. The van der Waals surface area contributed by atoms with E-state index in [9.17, 15) is 0 Å². The second kappa shape index (κ2) is 4.02. The minimum absolute atomic E-state index is 0.591.